The fourth-order valence-electron chi connectivity index (χ4n) is 1.99. The lowest BCUT2D eigenvalue weighted by atomic mass is 10.00. The van der Waals surface area contributed by atoms with Gasteiger partial charge < -0.3 is 9.84 Å². The Kier molecular flexibility index (Phi) is 7.51. The van der Waals surface area contributed by atoms with Crippen molar-refractivity contribution in [3.8, 4) is 5.75 Å². The monoisotopic (exact) mass is 250 g/mol. The van der Waals surface area contributed by atoms with E-state index in [0.717, 1.165) is 17.9 Å². The number of aliphatic hydroxyl groups excluding tert-OH is 1. The molecule has 18 heavy (non-hydrogen) atoms. The van der Waals surface area contributed by atoms with Gasteiger partial charge in [-0.1, -0.05) is 51.7 Å². The van der Waals surface area contributed by atoms with E-state index in [1.165, 1.54) is 32.1 Å². The molecule has 0 aliphatic rings. The van der Waals surface area contributed by atoms with Gasteiger partial charge in [0, 0.05) is 0 Å². The standard InChI is InChI=1S/C16H26O2/c1-3-5-6-7-14(4-2)13-18-16-10-8-15(12-17)9-11-16/h8-11,14,17H,3-7,12-13H2,1-2H3. The molecule has 102 valence electrons. The van der Waals surface area contributed by atoms with Crippen molar-refractivity contribution in [3.05, 3.63) is 29.8 Å². The third-order valence-electron chi connectivity index (χ3n) is 3.38. The van der Waals surface area contributed by atoms with Crippen LogP contribution in [0.4, 0.5) is 0 Å². The highest BCUT2D eigenvalue weighted by Crippen LogP contribution is 2.17. The van der Waals surface area contributed by atoms with Crippen molar-refractivity contribution in [2.24, 2.45) is 5.92 Å². The highest BCUT2D eigenvalue weighted by Gasteiger charge is 2.07. The quantitative estimate of drug-likeness (QED) is 0.667. The van der Waals surface area contributed by atoms with Crippen molar-refractivity contribution in [1.29, 1.82) is 0 Å². The predicted octanol–water partition coefficient (Wildman–Crippen LogP) is 4.16. The summed E-state index contributed by atoms with van der Waals surface area (Å²) in [6.07, 6.45) is 6.35. The van der Waals surface area contributed by atoms with E-state index >= 15 is 0 Å². The molecular formula is C16H26O2. The summed E-state index contributed by atoms with van der Waals surface area (Å²) in [5, 5.41) is 8.96. The number of ether oxygens (including phenoxy) is 1. The lowest BCUT2D eigenvalue weighted by molar-refractivity contribution is 0.232. The summed E-state index contributed by atoms with van der Waals surface area (Å²) < 4.78 is 5.81. The van der Waals surface area contributed by atoms with Crippen LogP contribution in [0.1, 0.15) is 51.5 Å². The highest BCUT2D eigenvalue weighted by molar-refractivity contribution is 5.26. The first kappa shape index (κ1) is 15.0. The minimum Gasteiger partial charge on any atom is -0.493 e. The van der Waals surface area contributed by atoms with Crippen LogP contribution in [-0.2, 0) is 6.61 Å². The lowest BCUT2D eigenvalue weighted by Gasteiger charge is -2.15. The summed E-state index contributed by atoms with van der Waals surface area (Å²) in [5.74, 6) is 1.57. The second-order valence-corrected chi connectivity index (χ2v) is 4.88. The number of benzene rings is 1. The molecule has 0 aliphatic heterocycles. The minimum atomic E-state index is 0.0921. The third-order valence-corrected chi connectivity index (χ3v) is 3.38. The van der Waals surface area contributed by atoms with Gasteiger partial charge in [0.25, 0.3) is 0 Å². The largest absolute Gasteiger partial charge is 0.493 e. The Morgan fingerprint density at radius 2 is 1.83 bits per heavy atom. The van der Waals surface area contributed by atoms with Crippen molar-refractivity contribution in [1.82, 2.24) is 0 Å². The molecule has 1 N–H and O–H groups in total. The summed E-state index contributed by atoms with van der Waals surface area (Å²) in [7, 11) is 0. The Morgan fingerprint density at radius 1 is 1.11 bits per heavy atom. The van der Waals surface area contributed by atoms with Crippen molar-refractivity contribution < 1.29 is 9.84 Å². The first-order chi connectivity index (χ1) is 8.80. The Morgan fingerprint density at radius 3 is 2.39 bits per heavy atom. The maximum Gasteiger partial charge on any atom is 0.119 e. The predicted molar refractivity (Wildman–Crippen MR) is 75.8 cm³/mol. The molecule has 0 fully saturated rings. The third kappa shape index (κ3) is 5.54. The van der Waals surface area contributed by atoms with Gasteiger partial charge in [0.2, 0.25) is 0 Å². The maximum absolute atomic E-state index is 8.96. The van der Waals surface area contributed by atoms with E-state index in [-0.39, 0.29) is 6.61 Å². The molecule has 1 aromatic carbocycles. The van der Waals surface area contributed by atoms with E-state index in [4.69, 9.17) is 9.84 Å². The van der Waals surface area contributed by atoms with Crippen molar-refractivity contribution in [2.45, 2.75) is 52.6 Å². The number of hydrogen-bond acceptors (Lipinski definition) is 2. The number of hydrogen-bond donors (Lipinski definition) is 1. The summed E-state index contributed by atoms with van der Waals surface area (Å²) in [5.41, 5.74) is 0.928. The molecule has 0 saturated heterocycles. The molecule has 0 radical (unpaired) electrons. The Labute approximate surface area is 111 Å². The zero-order valence-corrected chi connectivity index (χ0v) is 11.7. The van der Waals surface area contributed by atoms with Crippen molar-refractivity contribution >= 4 is 0 Å². The maximum atomic E-state index is 8.96. The van der Waals surface area contributed by atoms with Gasteiger partial charge in [0.1, 0.15) is 5.75 Å². The second kappa shape index (κ2) is 8.98. The topological polar surface area (TPSA) is 29.5 Å². The van der Waals surface area contributed by atoms with Gasteiger partial charge in [-0.3, -0.25) is 0 Å². The van der Waals surface area contributed by atoms with Gasteiger partial charge in [0.05, 0.1) is 13.2 Å². The van der Waals surface area contributed by atoms with E-state index in [9.17, 15) is 0 Å². The van der Waals surface area contributed by atoms with Crippen molar-refractivity contribution in [3.63, 3.8) is 0 Å². The SMILES string of the molecule is CCCCCC(CC)COc1ccc(CO)cc1. The Balaban J connectivity index is 2.32. The fraction of sp³-hybridized carbons (Fsp3) is 0.625. The van der Waals surface area contributed by atoms with E-state index in [1.807, 2.05) is 24.3 Å². The van der Waals surface area contributed by atoms with E-state index < -0.39 is 0 Å². The summed E-state index contributed by atoms with van der Waals surface area (Å²) in [4.78, 5) is 0. The summed E-state index contributed by atoms with van der Waals surface area (Å²) in [6, 6.07) is 7.69. The Bertz CT molecular complexity index is 305. The Hall–Kier alpha value is -1.02. The highest BCUT2D eigenvalue weighted by atomic mass is 16.5. The van der Waals surface area contributed by atoms with Gasteiger partial charge >= 0.3 is 0 Å². The van der Waals surface area contributed by atoms with Gasteiger partial charge in [0.15, 0.2) is 0 Å². The number of rotatable bonds is 9. The molecule has 0 aliphatic carbocycles. The van der Waals surface area contributed by atoms with Crippen molar-refractivity contribution in [2.75, 3.05) is 6.61 Å². The van der Waals surface area contributed by atoms with Crippen LogP contribution in [0.15, 0.2) is 24.3 Å². The number of unbranched alkanes of at least 4 members (excludes halogenated alkanes) is 2. The van der Waals surface area contributed by atoms with Gasteiger partial charge in [-0.15, -0.1) is 0 Å². The minimum absolute atomic E-state index is 0.0921. The van der Waals surface area contributed by atoms with Gasteiger partial charge in [-0.25, -0.2) is 0 Å². The second-order valence-electron chi connectivity index (χ2n) is 4.88. The van der Waals surface area contributed by atoms with Crippen LogP contribution in [0, 0.1) is 5.92 Å². The van der Waals surface area contributed by atoms with Crippen LogP contribution in [0.25, 0.3) is 0 Å². The smallest absolute Gasteiger partial charge is 0.119 e. The molecule has 1 atom stereocenters. The van der Waals surface area contributed by atoms with Crippen LogP contribution in [0.3, 0.4) is 0 Å². The van der Waals surface area contributed by atoms with Gasteiger partial charge in [-0.2, -0.15) is 0 Å². The van der Waals surface area contributed by atoms with Crippen LogP contribution in [0.2, 0.25) is 0 Å². The fourth-order valence-corrected chi connectivity index (χ4v) is 1.99. The average molecular weight is 250 g/mol. The average Bonchev–Trinajstić information content (AvgIpc) is 2.43. The molecule has 1 rings (SSSR count). The van der Waals surface area contributed by atoms with Crippen LogP contribution in [-0.4, -0.2) is 11.7 Å². The molecule has 0 aromatic heterocycles. The zero-order chi connectivity index (χ0) is 13.2. The molecule has 1 unspecified atom stereocenters. The molecule has 0 bridgehead atoms. The van der Waals surface area contributed by atoms with Crippen LogP contribution in [0.5, 0.6) is 5.75 Å². The lowest BCUT2D eigenvalue weighted by Crippen LogP contribution is -2.11. The molecular weight excluding hydrogens is 224 g/mol. The first-order valence-electron chi connectivity index (χ1n) is 7.12. The summed E-state index contributed by atoms with van der Waals surface area (Å²) in [6.45, 7) is 5.36. The molecule has 0 heterocycles. The summed E-state index contributed by atoms with van der Waals surface area (Å²) >= 11 is 0. The molecule has 0 amide bonds. The van der Waals surface area contributed by atoms with E-state index in [2.05, 4.69) is 13.8 Å². The van der Waals surface area contributed by atoms with E-state index in [1.54, 1.807) is 0 Å². The number of aliphatic hydroxyl groups is 1. The van der Waals surface area contributed by atoms with Crippen LogP contribution >= 0.6 is 0 Å². The van der Waals surface area contributed by atoms with Crippen LogP contribution < -0.4 is 4.74 Å². The molecule has 0 saturated carbocycles. The molecule has 2 heteroatoms. The van der Waals surface area contributed by atoms with E-state index in [0.29, 0.717) is 5.92 Å². The molecule has 0 spiro atoms. The molecule has 2 nitrogen and oxygen atoms in total. The van der Waals surface area contributed by atoms with Gasteiger partial charge in [-0.05, 0) is 30.0 Å². The molecule has 1 aromatic rings. The first-order valence-corrected chi connectivity index (χ1v) is 7.12. The normalized spacial score (nSPS) is 12.4. The zero-order valence-electron chi connectivity index (χ0n) is 11.7.